The summed E-state index contributed by atoms with van der Waals surface area (Å²) < 4.78 is 0.987. The summed E-state index contributed by atoms with van der Waals surface area (Å²) >= 11 is 10.6. The molecule has 0 aliphatic rings. The number of halogens is 2. The first-order valence-electron chi connectivity index (χ1n) is 5.02. The molecule has 5 heteroatoms. The maximum absolute atomic E-state index is 11.1. The van der Waals surface area contributed by atoms with Gasteiger partial charge in [0.25, 0.3) is 0 Å². The summed E-state index contributed by atoms with van der Waals surface area (Å²) in [6, 6.07) is 12.6. The van der Waals surface area contributed by atoms with Crippen LogP contribution in [0.25, 0.3) is 0 Å². The lowest BCUT2D eigenvalue weighted by Crippen LogP contribution is -1.98. The van der Waals surface area contributed by atoms with Crippen LogP contribution in [0.2, 0.25) is 5.02 Å². The van der Waals surface area contributed by atoms with Crippen LogP contribution in [0.4, 0.5) is 0 Å². The van der Waals surface area contributed by atoms with E-state index in [0.717, 1.165) is 9.37 Å². The Hall–Kier alpha value is -0.970. The molecule has 0 spiro atoms. The molecule has 18 heavy (non-hydrogen) atoms. The average Bonchev–Trinajstić information content (AvgIpc) is 2.34. The average molecular weight is 344 g/mol. The standard InChI is InChI=1S/C13H8BrClO2S/c14-8-1-4-10(5-2-8)18-12-6-3-9(15)7-11(12)13(16)17/h1-7H,(H,16,17). The zero-order chi connectivity index (χ0) is 13.1. The number of carboxylic acid groups (broad SMARTS) is 1. The Kier molecular flexibility index (Phi) is 4.32. The van der Waals surface area contributed by atoms with Crippen LogP contribution in [-0.4, -0.2) is 11.1 Å². The van der Waals surface area contributed by atoms with E-state index >= 15 is 0 Å². The summed E-state index contributed by atoms with van der Waals surface area (Å²) in [5, 5.41) is 9.56. The van der Waals surface area contributed by atoms with E-state index in [-0.39, 0.29) is 5.56 Å². The first kappa shape index (κ1) is 13.5. The number of carboxylic acids is 1. The van der Waals surface area contributed by atoms with Gasteiger partial charge >= 0.3 is 5.97 Å². The van der Waals surface area contributed by atoms with Crippen molar-refractivity contribution in [1.82, 2.24) is 0 Å². The van der Waals surface area contributed by atoms with Crippen LogP contribution < -0.4 is 0 Å². The Labute approximate surface area is 122 Å². The second-order valence-electron chi connectivity index (χ2n) is 3.50. The Morgan fingerprint density at radius 3 is 2.44 bits per heavy atom. The van der Waals surface area contributed by atoms with Gasteiger partial charge in [0.1, 0.15) is 0 Å². The molecule has 0 saturated heterocycles. The van der Waals surface area contributed by atoms with Crippen molar-refractivity contribution < 1.29 is 9.90 Å². The van der Waals surface area contributed by atoms with Gasteiger partial charge < -0.3 is 5.11 Å². The van der Waals surface area contributed by atoms with Crippen molar-refractivity contribution in [1.29, 1.82) is 0 Å². The molecule has 0 heterocycles. The molecule has 92 valence electrons. The lowest BCUT2D eigenvalue weighted by molar-refractivity contribution is 0.0693. The molecule has 0 unspecified atom stereocenters. The Morgan fingerprint density at radius 1 is 1.17 bits per heavy atom. The number of rotatable bonds is 3. The van der Waals surface area contributed by atoms with Gasteiger partial charge in [0.2, 0.25) is 0 Å². The summed E-state index contributed by atoms with van der Waals surface area (Å²) in [5.41, 5.74) is 0.218. The van der Waals surface area contributed by atoms with Gasteiger partial charge in [-0.05, 0) is 42.5 Å². The van der Waals surface area contributed by atoms with Crippen molar-refractivity contribution in [3.8, 4) is 0 Å². The predicted molar refractivity (Wildman–Crippen MR) is 76.7 cm³/mol. The van der Waals surface area contributed by atoms with Crippen LogP contribution in [0.3, 0.4) is 0 Å². The Morgan fingerprint density at radius 2 is 1.83 bits per heavy atom. The minimum Gasteiger partial charge on any atom is -0.478 e. The fraction of sp³-hybridized carbons (Fsp3) is 0. The quantitative estimate of drug-likeness (QED) is 0.856. The summed E-state index contributed by atoms with van der Waals surface area (Å²) in [5.74, 6) is -0.975. The van der Waals surface area contributed by atoms with E-state index in [1.165, 1.54) is 17.8 Å². The second kappa shape index (κ2) is 5.78. The summed E-state index contributed by atoms with van der Waals surface area (Å²) in [6.45, 7) is 0. The van der Waals surface area contributed by atoms with E-state index in [1.54, 1.807) is 12.1 Å². The normalized spacial score (nSPS) is 10.3. The zero-order valence-corrected chi connectivity index (χ0v) is 12.2. The van der Waals surface area contributed by atoms with Crippen LogP contribution in [0.15, 0.2) is 56.7 Å². The highest BCUT2D eigenvalue weighted by molar-refractivity contribution is 9.10. The highest BCUT2D eigenvalue weighted by Gasteiger charge is 2.11. The second-order valence-corrected chi connectivity index (χ2v) is 5.97. The van der Waals surface area contributed by atoms with Crippen molar-refractivity contribution in [3.05, 3.63) is 57.5 Å². The Bertz CT molecular complexity index is 584. The highest BCUT2D eigenvalue weighted by atomic mass is 79.9. The van der Waals surface area contributed by atoms with Crippen LogP contribution in [0.5, 0.6) is 0 Å². The van der Waals surface area contributed by atoms with Gasteiger partial charge in [-0.2, -0.15) is 0 Å². The molecular weight excluding hydrogens is 336 g/mol. The Balaban J connectivity index is 2.34. The third-order valence-electron chi connectivity index (χ3n) is 2.21. The maximum Gasteiger partial charge on any atom is 0.336 e. The van der Waals surface area contributed by atoms with Crippen LogP contribution in [0.1, 0.15) is 10.4 Å². The summed E-state index contributed by atoms with van der Waals surface area (Å²) in [4.78, 5) is 12.8. The van der Waals surface area contributed by atoms with Crippen molar-refractivity contribution in [3.63, 3.8) is 0 Å². The molecule has 0 fully saturated rings. The summed E-state index contributed by atoms with van der Waals surface area (Å²) in [6.07, 6.45) is 0. The molecule has 0 atom stereocenters. The number of benzene rings is 2. The van der Waals surface area contributed by atoms with Gasteiger partial charge in [-0.25, -0.2) is 4.79 Å². The smallest absolute Gasteiger partial charge is 0.336 e. The van der Waals surface area contributed by atoms with E-state index in [2.05, 4.69) is 15.9 Å². The minimum atomic E-state index is -0.975. The molecule has 2 aromatic carbocycles. The first-order valence-corrected chi connectivity index (χ1v) is 7.01. The van der Waals surface area contributed by atoms with Crippen LogP contribution in [0, 0.1) is 0 Å². The van der Waals surface area contributed by atoms with Gasteiger partial charge in [0.05, 0.1) is 5.56 Å². The van der Waals surface area contributed by atoms with Crippen LogP contribution >= 0.6 is 39.3 Å². The first-order chi connectivity index (χ1) is 8.56. The fourth-order valence-corrected chi connectivity index (χ4v) is 2.74. The van der Waals surface area contributed by atoms with Crippen LogP contribution in [-0.2, 0) is 0 Å². The highest BCUT2D eigenvalue weighted by Crippen LogP contribution is 2.32. The van der Waals surface area contributed by atoms with E-state index in [1.807, 2.05) is 24.3 Å². The van der Waals surface area contributed by atoms with Gasteiger partial charge in [0, 0.05) is 19.3 Å². The third kappa shape index (κ3) is 3.28. The van der Waals surface area contributed by atoms with Gasteiger partial charge in [-0.3, -0.25) is 0 Å². The van der Waals surface area contributed by atoms with Crippen molar-refractivity contribution in [2.75, 3.05) is 0 Å². The molecule has 0 aliphatic heterocycles. The number of hydrogen-bond donors (Lipinski definition) is 1. The summed E-state index contributed by atoms with van der Waals surface area (Å²) in [7, 11) is 0. The molecule has 0 saturated carbocycles. The van der Waals surface area contributed by atoms with Gasteiger partial charge in [0.15, 0.2) is 0 Å². The molecule has 0 aromatic heterocycles. The number of hydrogen-bond acceptors (Lipinski definition) is 2. The van der Waals surface area contributed by atoms with E-state index in [4.69, 9.17) is 16.7 Å². The van der Waals surface area contributed by atoms with E-state index in [9.17, 15) is 4.79 Å². The number of aromatic carboxylic acids is 1. The topological polar surface area (TPSA) is 37.3 Å². The molecule has 2 rings (SSSR count). The molecule has 0 radical (unpaired) electrons. The molecule has 2 aromatic rings. The molecule has 1 N–H and O–H groups in total. The van der Waals surface area contributed by atoms with E-state index < -0.39 is 5.97 Å². The lowest BCUT2D eigenvalue weighted by Gasteiger charge is -2.06. The lowest BCUT2D eigenvalue weighted by atomic mass is 10.2. The molecule has 0 bridgehead atoms. The minimum absolute atomic E-state index is 0.218. The number of carbonyl (C=O) groups is 1. The maximum atomic E-state index is 11.1. The monoisotopic (exact) mass is 342 g/mol. The molecular formula is C13H8BrClO2S. The van der Waals surface area contributed by atoms with Gasteiger partial charge in [-0.1, -0.05) is 39.3 Å². The fourth-order valence-electron chi connectivity index (χ4n) is 1.39. The predicted octanol–water partition coefficient (Wildman–Crippen LogP) is 4.95. The van der Waals surface area contributed by atoms with Crippen molar-refractivity contribution in [2.24, 2.45) is 0 Å². The van der Waals surface area contributed by atoms with Crippen molar-refractivity contribution in [2.45, 2.75) is 9.79 Å². The molecule has 2 nitrogen and oxygen atoms in total. The largest absolute Gasteiger partial charge is 0.478 e. The SMILES string of the molecule is O=C(O)c1cc(Cl)ccc1Sc1ccc(Br)cc1. The van der Waals surface area contributed by atoms with Gasteiger partial charge in [-0.15, -0.1) is 0 Å². The van der Waals surface area contributed by atoms with E-state index in [0.29, 0.717) is 9.92 Å². The molecule has 0 amide bonds. The zero-order valence-electron chi connectivity index (χ0n) is 9.06. The molecule has 0 aliphatic carbocycles. The third-order valence-corrected chi connectivity index (χ3v) is 4.06. The van der Waals surface area contributed by atoms with Crippen molar-refractivity contribution >= 4 is 45.3 Å².